The van der Waals surface area contributed by atoms with Crippen LogP contribution >= 0.6 is 0 Å². The summed E-state index contributed by atoms with van der Waals surface area (Å²) in [4.78, 5) is 11.8. The largest absolute Gasteiger partial charge is 0.871 e. The second-order valence-electron chi connectivity index (χ2n) is 4.04. The molecule has 0 radical (unpaired) electrons. The lowest BCUT2D eigenvalue weighted by Crippen LogP contribution is -2.06. The van der Waals surface area contributed by atoms with Crippen molar-refractivity contribution in [2.45, 2.75) is 13.8 Å². The number of aryl methyl sites for hydroxylation is 2. The zero-order valence-electron chi connectivity index (χ0n) is 9.37. The standard InChI is InChI=1S/C13H10O4/c1-6-5-9(14)10-11(15)8-3-4-16-12(8)7(2)13(10)17-6/h3-5,15H,1-2H3/p-1. The van der Waals surface area contributed by atoms with Gasteiger partial charge in [0.05, 0.1) is 11.6 Å². The van der Waals surface area contributed by atoms with E-state index < -0.39 is 0 Å². The summed E-state index contributed by atoms with van der Waals surface area (Å²) in [6.45, 7) is 3.45. The molecular formula is C13H9O4-. The number of hydrogen-bond acceptors (Lipinski definition) is 4. The van der Waals surface area contributed by atoms with Gasteiger partial charge in [-0.05, 0) is 19.9 Å². The molecule has 0 saturated carbocycles. The Kier molecular flexibility index (Phi) is 1.84. The first-order chi connectivity index (χ1) is 8.09. The summed E-state index contributed by atoms with van der Waals surface area (Å²) >= 11 is 0. The zero-order valence-corrected chi connectivity index (χ0v) is 9.37. The monoisotopic (exact) mass is 229 g/mol. The molecule has 2 aromatic heterocycles. The van der Waals surface area contributed by atoms with Crippen LogP contribution in [0.2, 0.25) is 0 Å². The highest BCUT2D eigenvalue weighted by molar-refractivity contribution is 6.03. The fourth-order valence-electron chi connectivity index (χ4n) is 2.11. The summed E-state index contributed by atoms with van der Waals surface area (Å²) in [6, 6.07) is 2.90. The highest BCUT2D eigenvalue weighted by Gasteiger charge is 2.13. The van der Waals surface area contributed by atoms with Crippen LogP contribution in [0.15, 0.2) is 32.0 Å². The molecule has 4 heteroatoms. The Labute approximate surface area is 96.1 Å². The lowest BCUT2D eigenvalue weighted by Gasteiger charge is -2.12. The Morgan fingerprint density at radius 3 is 2.76 bits per heavy atom. The van der Waals surface area contributed by atoms with Crippen LogP contribution < -0.4 is 10.5 Å². The van der Waals surface area contributed by atoms with Gasteiger partial charge in [0.25, 0.3) is 0 Å². The summed E-state index contributed by atoms with van der Waals surface area (Å²) in [5.41, 5.74) is 1.18. The van der Waals surface area contributed by atoms with Gasteiger partial charge in [-0.2, -0.15) is 0 Å². The molecular weight excluding hydrogens is 220 g/mol. The van der Waals surface area contributed by atoms with E-state index >= 15 is 0 Å². The van der Waals surface area contributed by atoms with Crippen LogP contribution in [0, 0.1) is 13.8 Å². The van der Waals surface area contributed by atoms with Crippen molar-refractivity contribution in [3.63, 3.8) is 0 Å². The highest BCUT2D eigenvalue weighted by atomic mass is 16.3. The van der Waals surface area contributed by atoms with Crippen LogP contribution in [-0.4, -0.2) is 0 Å². The number of benzene rings is 1. The van der Waals surface area contributed by atoms with E-state index in [4.69, 9.17) is 8.83 Å². The molecule has 0 aliphatic heterocycles. The second kappa shape index (κ2) is 3.13. The van der Waals surface area contributed by atoms with Crippen LogP contribution in [0.25, 0.3) is 21.9 Å². The summed E-state index contributed by atoms with van der Waals surface area (Å²) < 4.78 is 10.7. The summed E-state index contributed by atoms with van der Waals surface area (Å²) in [5, 5.41) is 12.6. The van der Waals surface area contributed by atoms with Crippen molar-refractivity contribution in [1.82, 2.24) is 0 Å². The molecule has 0 spiro atoms. The van der Waals surface area contributed by atoms with Crippen LogP contribution in [-0.2, 0) is 0 Å². The Bertz CT molecular complexity index is 792. The Morgan fingerprint density at radius 1 is 1.24 bits per heavy atom. The normalized spacial score (nSPS) is 11.4. The second-order valence-corrected chi connectivity index (χ2v) is 4.04. The van der Waals surface area contributed by atoms with Crippen LogP contribution in [0.1, 0.15) is 11.3 Å². The van der Waals surface area contributed by atoms with Crippen LogP contribution in [0.5, 0.6) is 5.75 Å². The summed E-state index contributed by atoms with van der Waals surface area (Å²) in [5.74, 6) is 0.152. The van der Waals surface area contributed by atoms with Crippen molar-refractivity contribution in [1.29, 1.82) is 0 Å². The van der Waals surface area contributed by atoms with Gasteiger partial charge in [0.2, 0.25) is 0 Å². The molecule has 3 rings (SSSR count). The molecule has 3 aromatic rings. The first kappa shape index (κ1) is 9.96. The number of hydrogen-bond donors (Lipinski definition) is 0. The lowest BCUT2D eigenvalue weighted by atomic mass is 10.1. The molecule has 1 aromatic carbocycles. The van der Waals surface area contributed by atoms with Gasteiger partial charge in [-0.15, -0.1) is 0 Å². The lowest BCUT2D eigenvalue weighted by molar-refractivity contribution is -0.263. The maximum absolute atomic E-state index is 12.1. The van der Waals surface area contributed by atoms with E-state index in [0.29, 0.717) is 27.9 Å². The van der Waals surface area contributed by atoms with Gasteiger partial charge >= 0.3 is 0 Å². The fourth-order valence-corrected chi connectivity index (χ4v) is 2.11. The topological polar surface area (TPSA) is 66.4 Å². The smallest absolute Gasteiger partial charge is 0.192 e. The van der Waals surface area contributed by atoms with Crippen molar-refractivity contribution in [2.75, 3.05) is 0 Å². The van der Waals surface area contributed by atoms with E-state index in [9.17, 15) is 9.90 Å². The summed E-state index contributed by atoms with van der Waals surface area (Å²) in [7, 11) is 0. The van der Waals surface area contributed by atoms with Gasteiger partial charge in [0.15, 0.2) is 5.43 Å². The molecule has 0 atom stereocenters. The molecule has 86 valence electrons. The quantitative estimate of drug-likeness (QED) is 0.592. The Morgan fingerprint density at radius 2 is 2.00 bits per heavy atom. The predicted octanol–water partition coefficient (Wildman–Crippen LogP) is 2.23. The average Bonchev–Trinajstić information content (AvgIpc) is 2.74. The van der Waals surface area contributed by atoms with Crippen molar-refractivity contribution >= 4 is 21.9 Å². The zero-order chi connectivity index (χ0) is 12.2. The van der Waals surface area contributed by atoms with E-state index in [-0.39, 0.29) is 16.6 Å². The van der Waals surface area contributed by atoms with Crippen molar-refractivity contribution in [2.24, 2.45) is 0 Å². The van der Waals surface area contributed by atoms with E-state index in [0.717, 1.165) is 0 Å². The van der Waals surface area contributed by atoms with Crippen molar-refractivity contribution < 1.29 is 13.9 Å². The van der Waals surface area contributed by atoms with Gasteiger partial charge in [0, 0.05) is 17.0 Å². The SMILES string of the molecule is Cc1cc(=O)c2c([O-])c3ccoc3c(C)c2o1. The fraction of sp³-hybridized carbons (Fsp3) is 0.154. The third kappa shape index (κ3) is 1.21. The van der Waals surface area contributed by atoms with E-state index in [1.807, 2.05) is 0 Å². The number of rotatable bonds is 0. The van der Waals surface area contributed by atoms with E-state index in [1.54, 1.807) is 19.9 Å². The molecule has 0 unspecified atom stereocenters. The number of furan rings is 1. The molecule has 0 amide bonds. The van der Waals surface area contributed by atoms with Crippen LogP contribution in [0.4, 0.5) is 0 Å². The maximum Gasteiger partial charge on any atom is 0.192 e. The third-order valence-electron chi connectivity index (χ3n) is 2.89. The molecule has 0 bridgehead atoms. The average molecular weight is 229 g/mol. The molecule has 0 N–H and O–H groups in total. The maximum atomic E-state index is 12.1. The Balaban J connectivity index is 2.73. The Hall–Kier alpha value is -2.23. The molecule has 2 heterocycles. The van der Waals surface area contributed by atoms with Gasteiger partial charge in [-0.25, -0.2) is 0 Å². The molecule has 4 nitrogen and oxygen atoms in total. The first-order valence-electron chi connectivity index (χ1n) is 5.21. The van der Waals surface area contributed by atoms with Gasteiger partial charge in [-0.3, -0.25) is 4.79 Å². The minimum Gasteiger partial charge on any atom is -0.871 e. The van der Waals surface area contributed by atoms with Crippen molar-refractivity contribution in [3.05, 3.63) is 39.9 Å². The summed E-state index contributed by atoms with van der Waals surface area (Å²) in [6.07, 6.45) is 1.44. The van der Waals surface area contributed by atoms with Gasteiger partial charge in [-0.1, -0.05) is 5.75 Å². The van der Waals surface area contributed by atoms with Crippen LogP contribution in [0.3, 0.4) is 0 Å². The molecule has 0 saturated heterocycles. The first-order valence-corrected chi connectivity index (χ1v) is 5.21. The highest BCUT2D eigenvalue weighted by Crippen LogP contribution is 2.34. The number of fused-ring (bicyclic) bond motifs is 2. The van der Waals surface area contributed by atoms with Crippen molar-refractivity contribution in [3.8, 4) is 5.75 Å². The molecule has 0 aliphatic carbocycles. The molecule has 0 fully saturated rings. The van der Waals surface area contributed by atoms with Gasteiger partial charge < -0.3 is 13.9 Å². The molecule has 0 aliphatic rings. The molecule has 17 heavy (non-hydrogen) atoms. The minimum atomic E-state index is -0.330. The minimum absolute atomic E-state index is 0.0991. The van der Waals surface area contributed by atoms with E-state index in [1.165, 1.54) is 12.3 Å². The predicted molar refractivity (Wildman–Crippen MR) is 61.2 cm³/mol. The third-order valence-corrected chi connectivity index (χ3v) is 2.89. The van der Waals surface area contributed by atoms with Gasteiger partial charge in [0.1, 0.15) is 16.9 Å². The van der Waals surface area contributed by atoms with E-state index in [2.05, 4.69) is 0 Å².